The van der Waals surface area contributed by atoms with Crippen LogP contribution in [0.5, 0.6) is 0 Å². The maximum absolute atomic E-state index is 13.0. The summed E-state index contributed by atoms with van der Waals surface area (Å²) in [5.41, 5.74) is 0. The Labute approximate surface area is 650 Å². The molecule has 0 aromatic heterocycles. The molecular formula is C89H150O16P2. The third kappa shape index (κ3) is 82.0. The second-order valence-corrected chi connectivity index (χ2v) is 30.4. The minimum Gasteiger partial charge on any atom is -0.463 e. The van der Waals surface area contributed by atoms with Gasteiger partial charge in [0, 0.05) is 19.3 Å². The highest BCUT2D eigenvalue weighted by Gasteiger charge is 2.29. The number of rotatable bonds is 78. The molecule has 5 atom stereocenters. The molecule has 0 saturated carbocycles. The Balaban J connectivity index is 4.56. The molecule has 0 saturated heterocycles. The van der Waals surface area contributed by atoms with Crippen molar-refractivity contribution in [3.8, 4) is 0 Å². The lowest BCUT2D eigenvalue weighted by molar-refractivity contribution is -0.161. The van der Waals surface area contributed by atoms with E-state index >= 15 is 0 Å². The Hall–Kier alpha value is -4.83. The van der Waals surface area contributed by atoms with Crippen molar-refractivity contribution in [1.29, 1.82) is 0 Å². The van der Waals surface area contributed by atoms with Crippen LogP contribution in [-0.4, -0.2) is 95.9 Å². The molecule has 0 aliphatic rings. The molecule has 612 valence electrons. The number of carbonyl (C=O) groups is 3. The third-order valence-electron chi connectivity index (χ3n) is 17.2. The molecule has 0 aromatic rings. The maximum Gasteiger partial charge on any atom is 0.472 e. The lowest BCUT2D eigenvalue weighted by Gasteiger charge is -2.21. The molecule has 0 spiro atoms. The first-order valence-corrected chi connectivity index (χ1v) is 44.8. The van der Waals surface area contributed by atoms with E-state index in [0.717, 1.165) is 167 Å². The third-order valence-corrected chi connectivity index (χ3v) is 19.1. The van der Waals surface area contributed by atoms with Crippen LogP contribution in [0.25, 0.3) is 0 Å². The van der Waals surface area contributed by atoms with Crippen molar-refractivity contribution >= 4 is 33.6 Å². The Morgan fingerprint density at radius 2 is 0.495 bits per heavy atom. The van der Waals surface area contributed by atoms with Crippen molar-refractivity contribution in [3.05, 3.63) is 158 Å². The Bertz CT molecular complexity index is 2580. The van der Waals surface area contributed by atoms with Crippen LogP contribution in [0.15, 0.2) is 158 Å². The molecule has 0 radical (unpaired) electrons. The Kier molecular flexibility index (Phi) is 77.0. The minimum atomic E-state index is -4.95. The van der Waals surface area contributed by atoms with E-state index in [2.05, 4.69) is 179 Å². The van der Waals surface area contributed by atoms with Gasteiger partial charge in [-0.15, -0.1) is 0 Å². The lowest BCUT2D eigenvalue weighted by Crippen LogP contribution is -2.30. The maximum atomic E-state index is 13.0. The van der Waals surface area contributed by atoms with E-state index in [0.29, 0.717) is 19.3 Å². The molecule has 0 bridgehead atoms. The number of phosphoric acid groups is 2. The van der Waals surface area contributed by atoms with E-state index in [-0.39, 0.29) is 19.3 Å². The van der Waals surface area contributed by atoms with Crippen LogP contribution in [0.4, 0.5) is 0 Å². The zero-order valence-electron chi connectivity index (χ0n) is 67.0. The number of hydrogen-bond acceptors (Lipinski definition) is 14. The fourth-order valence-corrected chi connectivity index (χ4v) is 12.5. The summed E-state index contributed by atoms with van der Waals surface area (Å²) in [6.45, 7) is 2.40. The molecule has 0 heterocycles. The zero-order valence-corrected chi connectivity index (χ0v) is 68.8. The van der Waals surface area contributed by atoms with Gasteiger partial charge in [-0.05, 0) is 148 Å². The van der Waals surface area contributed by atoms with E-state index in [1.54, 1.807) is 0 Å². The first-order valence-electron chi connectivity index (χ1n) is 41.8. The van der Waals surface area contributed by atoms with Crippen LogP contribution in [0.2, 0.25) is 0 Å². The molecular weight excluding hydrogens is 1390 g/mol. The van der Waals surface area contributed by atoms with Crippen molar-refractivity contribution in [2.45, 2.75) is 347 Å². The predicted molar refractivity (Wildman–Crippen MR) is 445 cm³/mol. The summed E-state index contributed by atoms with van der Waals surface area (Å²) < 4.78 is 61.2. The topological polar surface area (TPSA) is 231 Å². The monoisotopic (exact) mass is 1540 g/mol. The number of hydrogen-bond donors (Lipinski definition) is 4. The van der Waals surface area contributed by atoms with E-state index < -0.39 is 91.5 Å². The first kappa shape index (κ1) is 102. The van der Waals surface area contributed by atoms with Gasteiger partial charge in [0.15, 0.2) is 6.10 Å². The van der Waals surface area contributed by atoms with Gasteiger partial charge in [0.2, 0.25) is 0 Å². The van der Waals surface area contributed by atoms with E-state index in [9.17, 15) is 43.5 Å². The summed E-state index contributed by atoms with van der Waals surface area (Å²) in [5.74, 6) is -1.62. The number of aliphatic hydroxyl groups is 2. The molecule has 16 nitrogen and oxygen atoms in total. The summed E-state index contributed by atoms with van der Waals surface area (Å²) in [6, 6.07) is 0. The summed E-state index contributed by atoms with van der Waals surface area (Å²) in [5, 5.41) is 20.7. The lowest BCUT2D eigenvalue weighted by atomic mass is 10.0. The van der Waals surface area contributed by atoms with Gasteiger partial charge < -0.3 is 34.2 Å². The van der Waals surface area contributed by atoms with Gasteiger partial charge >= 0.3 is 33.6 Å². The van der Waals surface area contributed by atoms with Crippen LogP contribution in [0.3, 0.4) is 0 Å². The fourth-order valence-electron chi connectivity index (χ4n) is 10.9. The normalized spacial score (nSPS) is 14.7. The second-order valence-electron chi connectivity index (χ2n) is 27.5. The highest BCUT2D eigenvalue weighted by Crippen LogP contribution is 2.45. The Morgan fingerprint density at radius 3 is 0.785 bits per heavy atom. The first-order chi connectivity index (χ1) is 52.2. The molecule has 4 N–H and O–H groups in total. The molecule has 0 aliphatic heterocycles. The van der Waals surface area contributed by atoms with Gasteiger partial charge in [-0.25, -0.2) is 9.13 Å². The van der Waals surface area contributed by atoms with Crippen LogP contribution >= 0.6 is 15.6 Å². The zero-order chi connectivity index (χ0) is 78.0. The standard InChI is InChI=1S/C89H150O16P2/c1-4-7-10-13-16-19-22-25-28-31-33-35-37-38-39-40-41-42-43-44-46-48-49-52-54-57-60-63-66-69-72-75-87(92)99-78-84(90)79-101-106(95,96)102-80-85(91)81-103-107(97,98)104-83-86(105-89(94)77-74-71-68-65-62-59-56-51-30-27-24-21-18-15-12-9-6-3)82-100-88(93)76-73-70-67-64-61-58-55-53-50-47-45-36-34-32-29-26-23-20-17-14-11-8-5-2/h8-9,11-12,16-21,25-30,33-36,38-39,47,50,55,58,84-86,90-91H,4-7,10,13-15,22-24,31-32,37,40-46,48-49,51-54,56-57,59-83H2,1-3H3,(H,95,96)(H,97,98)/b11-8-,12-9-,19-16-,20-17-,21-18-,28-25-,29-26-,30-27-,35-33-,36-34-,39-38-,50-47-,58-55-. The van der Waals surface area contributed by atoms with Gasteiger partial charge in [0.25, 0.3) is 0 Å². The second kappa shape index (κ2) is 80.7. The SMILES string of the molecule is CC/C=C\C/C=C\C/C=C\C/C=C\C/C=C\C/C=C\CCCCCCC(=O)OCC(COP(=O)(O)OCC(O)COP(=O)(O)OCC(O)COC(=O)CCCCCCCCCCCCCCCCC/C=C\C/C=C\C/C=C\C/C=C\CCCCC)OC(=O)CCCCCCCCC/C=C\C/C=C\C/C=C\CC. The fraction of sp³-hybridized carbons (Fsp3) is 0.674. The van der Waals surface area contributed by atoms with Crippen molar-refractivity contribution in [2.75, 3.05) is 39.6 Å². The van der Waals surface area contributed by atoms with Gasteiger partial charge in [0.1, 0.15) is 25.4 Å². The largest absolute Gasteiger partial charge is 0.472 e. The molecule has 0 aliphatic carbocycles. The number of phosphoric ester groups is 2. The van der Waals surface area contributed by atoms with Crippen LogP contribution in [0.1, 0.15) is 329 Å². The molecule has 5 unspecified atom stereocenters. The average molecular weight is 1540 g/mol. The van der Waals surface area contributed by atoms with E-state index in [1.807, 2.05) is 0 Å². The number of ether oxygens (including phenoxy) is 3. The number of esters is 3. The number of allylic oxidation sites excluding steroid dienone is 26. The molecule has 0 amide bonds. The average Bonchev–Trinajstić information content (AvgIpc) is 0.927. The quantitative estimate of drug-likeness (QED) is 0.0146. The highest BCUT2D eigenvalue weighted by atomic mass is 31.2. The molecule has 0 fully saturated rings. The number of carbonyl (C=O) groups excluding carboxylic acids is 3. The van der Waals surface area contributed by atoms with E-state index in [4.69, 9.17) is 32.3 Å². The van der Waals surface area contributed by atoms with Crippen LogP contribution in [-0.2, 0) is 55.8 Å². The highest BCUT2D eigenvalue weighted by molar-refractivity contribution is 7.47. The summed E-state index contributed by atoms with van der Waals surface area (Å²) in [7, 11) is -9.81. The van der Waals surface area contributed by atoms with Crippen molar-refractivity contribution in [1.82, 2.24) is 0 Å². The smallest absolute Gasteiger partial charge is 0.463 e. The van der Waals surface area contributed by atoms with Crippen LogP contribution < -0.4 is 0 Å². The predicted octanol–water partition coefficient (Wildman–Crippen LogP) is 25.0. The minimum absolute atomic E-state index is 0.0823. The van der Waals surface area contributed by atoms with E-state index in [1.165, 1.54) is 103 Å². The van der Waals surface area contributed by atoms with Gasteiger partial charge in [-0.1, -0.05) is 320 Å². The molecule has 0 rings (SSSR count). The van der Waals surface area contributed by atoms with Gasteiger partial charge in [0.05, 0.1) is 26.4 Å². The molecule has 18 heteroatoms. The summed E-state index contributed by atoms with van der Waals surface area (Å²) >= 11 is 0. The molecule has 0 aromatic carbocycles. The van der Waals surface area contributed by atoms with Crippen LogP contribution in [0, 0.1) is 0 Å². The molecule has 107 heavy (non-hydrogen) atoms. The van der Waals surface area contributed by atoms with Gasteiger partial charge in [-0.2, -0.15) is 0 Å². The van der Waals surface area contributed by atoms with Gasteiger partial charge in [-0.3, -0.25) is 32.5 Å². The summed E-state index contributed by atoms with van der Waals surface area (Å²) in [6.07, 6.45) is 101. The van der Waals surface area contributed by atoms with Crippen molar-refractivity contribution in [3.63, 3.8) is 0 Å². The Morgan fingerprint density at radius 1 is 0.271 bits per heavy atom. The number of unbranched alkanes of at least 4 members (excludes halogenated alkanes) is 29. The van der Waals surface area contributed by atoms with Crippen molar-refractivity contribution < 1.29 is 75.8 Å². The van der Waals surface area contributed by atoms with Crippen molar-refractivity contribution in [2.24, 2.45) is 0 Å². The number of aliphatic hydroxyl groups excluding tert-OH is 2. The summed E-state index contributed by atoms with van der Waals surface area (Å²) in [4.78, 5) is 58.8.